The van der Waals surface area contributed by atoms with Crippen LogP contribution < -0.4 is 24.8 Å². The molecule has 290 valence electrons. The van der Waals surface area contributed by atoms with Gasteiger partial charge in [0.05, 0.1) is 25.1 Å². The van der Waals surface area contributed by atoms with Gasteiger partial charge in [-0.2, -0.15) is 0 Å². The number of nitrogens with zero attached hydrogens (tertiary/aromatic N) is 3. The summed E-state index contributed by atoms with van der Waals surface area (Å²) in [5, 5.41) is 7.26. The van der Waals surface area contributed by atoms with Crippen LogP contribution in [-0.2, 0) is 24.4 Å². The highest BCUT2D eigenvalue weighted by molar-refractivity contribution is 14.1. The van der Waals surface area contributed by atoms with Crippen LogP contribution in [0.5, 0.6) is 11.6 Å². The molecule has 3 fully saturated rings. The van der Waals surface area contributed by atoms with E-state index < -0.39 is 62.1 Å². The zero-order valence-corrected chi connectivity index (χ0v) is 34.5. The molecule has 17 heteroatoms. The number of nitrogens with one attached hydrogen (secondary N) is 3. The maximum Gasteiger partial charge on any atom is 0.260 e. The molecule has 3 aromatic rings. The van der Waals surface area contributed by atoms with Crippen LogP contribution in [0, 0.1) is 5.41 Å². The van der Waals surface area contributed by atoms with Crippen LogP contribution in [-0.4, -0.2) is 107 Å². The zero-order chi connectivity index (χ0) is 39.3. The molecule has 3 N–H and O–H groups in total. The predicted octanol–water partition coefficient (Wildman–Crippen LogP) is 4.14. The van der Waals surface area contributed by atoms with Crippen molar-refractivity contribution < 1.29 is 37.1 Å². The van der Waals surface area contributed by atoms with Gasteiger partial charge in [-0.15, -0.1) is 0 Å². The van der Waals surface area contributed by atoms with E-state index in [1.165, 1.54) is 23.1 Å². The molecule has 54 heavy (non-hydrogen) atoms. The quantitative estimate of drug-likeness (QED) is 0.177. The highest BCUT2D eigenvalue weighted by atomic mass is 127. The minimum Gasteiger partial charge on any atom is -0.494 e. The van der Waals surface area contributed by atoms with Crippen molar-refractivity contribution in [1.29, 1.82) is 0 Å². The van der Waals surface area contributed by atoms with E-state index in [-0.39, 0.29) is 35.1 Å². The van der Waals surface area contributed by atoms with Crippen molar-refractivity contribution in [3.05, 3.63) is 59.2 Å². The predicted molar refractivity (Wildman–Crippen MR) is 213 cm³/mol. The lowest BCUT2D eigenvalue weighted by atomic mass is 9.85. The molecular formula is C37H44ClIN6O8S. The standard InChI is InChI=1S/C37H44ClIN6O8S/c1-36(2,3)30(41-22-9-7-8-20(14-22)33(47)44(4)5)34(48)45-19-23(53-32-26-15-21(38)10-13-25(26)28(52-6)18-40-32)16-27(45)31(46)42-37(17-29(37)39)35(49)43-54(50,51)24-11-12-24/h7-10,13-15,18,23-24,27,29-30,41H,11-12,16-17,19H2,1-6H3,(H,42,46)(H,43,49)/t23-,27+,29-,30+,37-/m1/s1. The van der Waals surface area contributed by atoms with Gasteiger partial charge in [0.25, 0.3) is 11.8 Å². The average Bonchev–Trinajstić information content (AvgIpc) is 4.03. The minimum absolute atomic E-state index is 0.0109. The summed E-state index contributed by atoms with van der Waals surface area (Å²) in [6.07, 6.45) is 2.02. The Morgan fingerprint density at radius 1 is 1.09 bits per heavy atom. The van der Waals surface area contributed by atoms with E-state index in [1.54, 1.807) is 56.6 Å². The van der Waals surface area contributed by atoms with Crippen LogP contribution in [0.4, 0.5) is 5.69 Å². The van der Waals surface area contributed by atoms with E-state index in [1.807, 2.05) is 43.4 Å². The molecule has 14 nitrogen and oxygen atoms in total. The van der Waals surface area contributed by atoms with Gasteiger partial charge in [0.2, 0.25) is 27.7 Å². The van der Waals surface area contributed by atoms with Crippen molar-refractivity contribution in [1.82, 2.24) is 24.8 Å². The second-order valence-electron chi connectivity index (χ2n) is 15.3. The van der Waals surface area contributed by atoms with Gasteiger partial charge in [-0.1, -0.05) is 61.0 Å². The molecule has 1 saturated heterocycles. The lowest BCUT2D eigenvalue weighted by Gasteiger charge is -2.36. The van der Waals surface area contributed by atoms with Gasteiger partial charge < -0.3 is 29.9 Å². The summed E-state index contributed by atoms with van der Waals surface area (Å²) < 4.78 is 39.1. The highest BCUT2D eigenvalue weighted by Crippen LogP contribution is 2.45. The van der Waals surface area contributed by atoms with Crippen LogP contribution in [0.1, 0.15) is 56.8 Å². The number of ether oxygens (including phenoxy) is 2. The topological polar surface area (TPSA) is 176 Å². The number of sulfonamides is 1. The van der Waals surface area contributed by atoms with E-state index >= 15 is 0 Å². The highest BCUT2D eigenvalue weighted by Gasteiger charge is 2.62. The number of rotatable bonds is 12. The second-order valence-corrected chi connectivity index (χ2v) is 19.2. The number of aromatic nitrogens is 1. The summed E-state index contributed by atoms with van der Waals surface area (Å²) in [5.74, 6) is -1.28. The Morgan fingerprint density at radius 2 is 1.80 bits per heavy atom. The monoisotopic (exact) mass is 894 g/mol. The first-order valence-electron chi connectivity index (χ1n) is 17.5. The van der Waals surface area contributed by atoms with Gasteiger partial charge in [-0.3, -0.25) is 23.9 Å². The van der Waals surface area contributed by atoms with Gasteiger partial charge in [0, 0.05) is 51.5 Å². The molecule has 1 aliphatic heterocycles. The van der Waals surface area contributed by atoms with Crippen molar-refractivity contribution in [3.63, 3.8) is 0 Å². The van der Waals surface area contributed by atoms with Crippen molar-refractivity contribution in [2.24, 2.45) is 5.41 Å². The van der Waals surface area contributed by atoms with Gasteiger partial charge in [0.15, 0.2) is 0 Å². The van der Waals surface area contributed by atoms with Crippen LogP contribution in [0.25, 0.3) is 10.8 Å². The van der Waals surface area contributed by atoms with Crippen molar-refractivity contribution in [3.8, 4) is 11.6 Å². The van der Waals surface area contributed by atoms with E-state index in [0.29, 0.717) is 45.6 Å². The Morgan fingerprint density at radius 3 is 2.41 bits per heavy atom. The van der Waals surface area contributed by atoms with E-state index in [0.717, 1.165) is 0 Å². The molecule has 0 spiro atoms. The lowest BCUT2D eigenvalue weighted by molar-refractivity contribution is -0.141. The Labute approximate surface area is 333 Å². The van der Waals surface area contributed by atoms with Crippen LogP contribution in [0.2, 0.25) is 5.02 Å². The maximum atomic E-state index is 14.8. The number of halogens is 2. The number of alkyl halides is 1. The molecule has 5 atom stereocenters. The number of carbonyl (C=O) groups excluding carboxylic acids is 4. The second kappa shape index (κ2) is 15.0. The van der Waals surface area contributed by atoms with Crippen molar-refractivity contribution >= 4 is 84.3 Å². The molecule has 0 bridgehead atoms. The number of hydrogen-bond donors (Lipinski definition) is 3. The largest absolute Gasteiger partial charge is 0.494 e. The number of methoxy groups -OCH3 is 1. The molecule has 2 saturated carbocycles. The summed E-state index contributed by atoms with van der Waals surface area (Å²) in [6.45, 7) is 5.65. The summed E-state index contributed by atoms with van der Waals surface area (Å²) in [5.41, 5.74) is -1.18. The average molecular weight is 895 g/mol. The van der Waals surface area contributed by atoms with Gasteiger partial charge in [-0.05, 0) is 61.1 Å². The maximum absolute atomic E-state index is 14.8. The first kappa shape index (κ1) is 39.8. The number of anilines is 1. The van der Waals surface area contributed by atoms with E-state index in [4.69, 9.17) is 21.1 Å². The number of likely N-dealkylation sites (tertiary alicyclic amines) is 1. The summed E-state index contributed by atoms with van der Waals surface area (Å²) >= 11 is 8.38. The smallest absolute Gasteiger partial charge is 0.260 e. The lowest BCUT2D eigenvalue weighted by Crippen LogP contribution is -2.58. The van der Waals surface area contributed by atoms with Crippen LogP contribution in [0.3, 0.4) is 0 Å². The first-order chi connectivity index (χ1) is 25.3. The molecule has 3 aliphatic rings. The normalized spacial score (nSPS) is 23.0. The fourth-order valence-corrected chi connectivity index (χ4v) is 9.23. The molecule has 2 heterocycles. The number of hydrogen-bond acceptors (Lipinski definition) is 10. The Balaban J connectivity index is 1.31. The van der Waals surface area contributed by atoms with Crippen LogP contribution >= 0.6 is 34.2 Å². The number of carbonyl (C=O) groups is 4. The molecule has 0 unspecified atom stereocenters. The van der Waals surface area contributed by atoms with Gasteiger partial charge in [-0.25, -0.2) is 13.4 Å². The zero-order valence-electron chi connectivity index (χ0n) is 30.8. The third-order valence-corrected chi connectivity index (χ3v) is 13.4. The SMILES string of the molecule is COc1cnc(O[C@@H]2C[C@@H](C(=O)N[C@]3(C(=O)NS(=O)(=O)C4CC4)C[C@H]3I)N(C(=O)[C@H](Nc3cccc(C(=O)N(C)C)c3)C(C)(C)C)C2)c2cc(Cl)ccc12. The van der Waals surface area contributed by atoms with Gasteiger partial charge >= 0.3 is 0 Å². The molecule has 2 aliphatic carbocycles. The van der Waals surface area contributed by atoms with Gasteiger partial charge in [0.1, 0.15) is 29.5 Å². The molecule has 4 amide bonds. The molecule has 0 radical (unpaired) electrons. The fraction of sp³-hybridized carbons (Fsp3) is 0.486. The first-order valence-corrected chi connectivity index (χ1v) is 20.7. The third-order valence-electron chi connectivity index (χ3n) is 9.89. The van der Waals surface area contributed by atoms with E-state index in [9.17, 15) is 27.6 Å². The molecule has 1 aromatic heterocycles. The van der Waals surface area contributed by atoms with Crippen molar-refractivity contribution in [2.75, 3.05) is 33.1 Å². The summed E-state index contributed by atoms with van der Waals surface area (Å²) in [6, 6.07) is 10.1. The summed E-state index contributed by atoms with van der Waals surface area (Å²) in [4.78, 5) is 62.7. The number of amides is 4. The Kier molecular flexibility index (Phi) is 11.0. The number of benzene rings is 2. The van der Waals surface area contributed by atoms with Crippen LogP contribution in [0.15, 0.2) is 48.7 Å². The number of pyridine rings is 1. The minimum atomic E-state index is -3.87. The third kappa shape index (κ3) is 8.20. The fourth-order valence-electron chi connectivity index (χ4n) is 6.57. The number of fused-ring (bicyclic) bond motifs is 1. The Bertz CT molecular complexity index is 2110. The van der Waals surface area contributed by atoms with Crippen molar-refractivity contribution in [2.45, 2.75) is 79.4 Å². The summed E-state index contributed by atoms with van der Waals surface area (Å²) in [7, 11) is 0.968. The molecule has 6 rings (SSSR count). The van der Waals surface area contributed by atoms with E-state index in [2.05, 4.69) is 20.3 Å². The Hall–Kier alpha value is -3.90. The molecule has 2 aromatic carbocycles. The molecular weight excluding hydrogens is 851 g/mol.